The first-order valence-corrected chi connectivity index (χ1v) is 8.25. The molecular formula is C15H19N3O2S. The third-order valence-corrected chi connectivity index (χ3v) is 4.54. The largest absolute Gasteiger partial charge is 0.330 e. The van der Waals surface area contributed by atoms with E-state index in [0.29, 0.717) is 17.9 Å². The zero-order valence-electron chi connectivity index (χ0n) is 11.9. The Balaban J connectivity index is 2.18. The summed E-state index contributed by atoms with van der Waals surface area (Å²) in [5, 5.41) is 0. The Morgan fingerprint density at radius 2 is 1.90 bits per heavy atom. The van der Waals surface area contributed by atoms with Crippen LogP contribution >= 0.6 is 0 Å². The molecule has 0 unspecified atom stereocenters. The van der Waals surface area contributed by atoms with Crippen LogP contribution < -0.4 is 10.5 Å². The summed E-state index contributed by atoms with van der Waals surface area (Å²) in [6, 6.07) is 10.2. The molecular weight excluding hydrogens is 286 g/mol. The lowest BCUT2D eigenvalue weighted by Crippen LogP contribution is -2.14. The fraction of sp³-hybridized carbons (Fsp3) is 0.267. The zero-order chi connectivity index (χ0) is 15.3. The van der Waals surface area contributed by atoms with E-state index in [9.17, 15) is 8.42 Å². The molecule has 6 heteroatoms. The molecule has 5 nitrogen and oxygen atoms in total. The van der Waals surface area contributed by atoms with Crippen molar-refractivity contribution in [3.63, 3.8) is 0 Å². The van der Waals surface area contributed by atoms with E-state index in [-0.39, 0.29) is 4.90 Å². The molecule has 112 valence electrons. The smallest absolute Gasteiger partial charge is 0.261 e. The summed E-state index contributed by atoms with van der Waals surface area (Å²) in [5.41, 5.74) is 7.67. The molecule has 2 rings (SSSR count). The topological polar surface area (TPSA) is 85.1 Å². The van der Waals surface area contributed by atoms with Crippen molar-refractivity contribution >= 4 is 15.7 Å². The molecule has 0 amide bonds. The van der Waals surface area contributed by atoms with Crippen molar-refractivity contribution in [3.8, 4) is 0 Å². The Kier molecular flexibility index (Phi) is 4.93. The first kappa shape index (κ1) is 15.5. The third kappa shape index (κ3) is 4.03. The second-order valence-electron chi connectivity index (χ2n) is 4.78. The SMILES string of the molecule is Cc1ncccc1NS(=O)(=O)c1ccc(CCCN)cc1. The fourth-order valence-corrected chi connectivity index (χ4v) is 3.05. The molecule has 0 spiro atoms. The van der Waals surface area contributed by atoms with Gasteiger partial charge in [0.1, 0.15) is 0 Å². The third-order valence-electron chi connectivity index (χ3n) is 3.15. The number of anilines is 1. The normalized spacial score (nSPS) is 11.3. The Labute approximate surface area is 125 Å². The Morgan fingerprint density at radius 1 is 1.19 bits per heavy atom. The summed E-state index contributed by atoms with van der Waals surface area (Å²) in [6.07, 6.45) is 3.37. The van der Waals surface area contributed by atoms with E-state index in [1.807, 2.05) is 12.1 Å². The maximum Gasteiger partial charge on any atom is 0.261 e. The minimum atomic E-state index is -3.59. The lowest BCUT2D eigenvalue weighted by atomic mass is 10.1. The number of pyridine rings is 1. The number of sulfonamides is 1. The van der Waals surface area contributed by atoms with Gasteiger partial charge < -0.3 is 5.73 Å². The quantitative estimate of drug-likeness (QED) is 0.855. The van der Waals surface area contributed by atoms with E-state index in [1.54, 1.807) is 37.4 Å². The number of aromatic nitrogens is 1. The van der Waals surface area contributed by atoms with Crippen LogP contribution in [0, 0.1) is 6.92 Å². The molecule has 0 saturated carbocycles. The molecule has 1 aromatic carbocycles. The summed E-state index contributed by atoms with van der Waals surface area (Å²) in [6.45, 7) is 2.38. The molecule has 0 radical (unpaired) electrons. The van der Waals surface area contributed by atoms with E-state index >= 15 is 0 Å². The maximum absolute atomic E-state index is 12.3. The van der Waals surface area contributed by atoms with Crippen LogP contribution in [0.15, 0.2) is 47.5 Å². The standard InChI is InChI=1S/C15H19N3O2S/c1-12-15(5-3-11-17-12)18-21(19,20)14-8-6-13(7-9-14)4-2-10-16/h3,5-9,11,18H,2,4,10,16H2,1H3. The molecule has 0 bridgehead atoms. The van der Waals surface area contributed by atoms with Gasteiger partial charge in [-0.25, -0.2) is 8.42 Å². The highest BCUT2D eigenvalue weighted by Crippen LogP contribution is 2.18. The van der Waals surface area contributed by atoms with E-state index < -0.39 is 10.0 Å². The van der Waals surface area contributed by atoms with Gasteiger partial charge in [-0.15, -0.1) is 0 Å². The predicted molar refractivity (Wildman–Crippen MR) is 83.6 cm³/mol. The number of rotatable bonds is 6. The molecule has 1 aromatic heterocycles. The average molecular weight is 305 g/mol. The van der Waals surface area contributed by atoms with Gasteiger partial charge in [-0.1, -0.05) is 12.1 Å². The number of hydrogen-bond donors (Lipinski definition) is 2. The van der Waals surface area contributed by atoms with Crippen molar-refractivity contribution in [1.82, 2.24) is 4.98 Å². The molecule has 1 heterocycles. The molecule has 0 aliphatic rings. The minimum Gasteiger partial charge on any atom is -0.330 e. The summed E-state index contributed by atoms with van der Waals surface area (Å²) < 4.78 is 27.2. The number of nitrogens with zero attached hydrogens (tertiary/aromatic N) is 1. The minimum absolute atomic E-state index is 0.238. The molecule has 0 aliphatic heterocycles. The average Bonchev–Trinajstić information content (AvgIpc) is 2.48. The van der Waals surface area contributed by atoms with Crippen LogP contribution in [0.5, 0.6) is 0 Å². The van der Waals surface area contributed by atoms with Gasteiger partial charge >= 0.3 is 0 Å². The monoisotopic (exact) mass is 305 g/mol. The van der Waals surface area contributed by atoms with Crippen molar-refractivity contribution in [3.05, 3.63) is 53.9 Å². The predicted octanol–water partition coefficient (Wildman–Crippen LogP) is 2.08. The summed E-state index contributed by atoms with van der Waals surface area (Å²) in [4.78, 5) is 4.30. The van der Waals surface area contributed by atoms with Crippen molar-refractivity contribution in [2.24, 2.45) is 5.73 Å². The fourth-order valence-electron chi connectivity index (χ4n) is 1.94. The second-order valence-corrected chi connectivity index (χ2v) is 6.46. The summed E-state index contributed by atoms with van der Waals surface area (Å²) in [5.74, 6) is 0. The molecule has 0 aliphatic carbocycles. The van der Waals surface area contributed by atoms with Crippen LogP contribution in [0.1, 0.15) is 17.7 Å². The Morgan fingerprint density at radius 3 is 2.52 bits per heavy atom. The van der Waals surface area contributed by atoms with Gasteiger partial charge in [0, 0.05) is 6.20 Å². The highest BCUT2D eigenvalue weighted by Gasteiger charge is 2.15. The highest BCUT2D eigenvalue weighted by atomic mass is 32.2. The molecule has 0 fully saturated rings. The number of nitrogens with two attached hydrogens (primary N) is 1. The summed E-state index contributed by atoms with van der Waals surface area (Å²) >= 11 is 0. The van der Waals surface area contributed by atoms with Gasteiger partial charge in [0.15, 0.2) is 0 Å². The summed E-state index contributed by atoms with van der Waals surface area (Å²) in [7, 11) is -3.59. The highest BCUT2D eigenvalue weighted by molar-refractivity contribution is 7.92. The molecule has 21 heavy (non-hydrogen) atoms. The molecule has 3 N–H and O–H groups in total. The Bertz CT molecular complexity index is 697. The number of aryl methyl sites for hydroxylation is 2. The first-order chi connectivity index (χ1) is 10.0. The maximum atomic E-state index is 12.3. The van der Waals surface area contributed by atoms with Gasteiger partial charge in [0.05, 0.1) is 16.3 Å². The van der Waals surface area contributed by atoms with Gasteiger partial charge in [0.2, 0.25) is 0 Å². The molecule has 2 aromatic rings. The van der Waals surface area contributed by atoms with E-state index in [4.69, 9.17) is 5.73 Å². The number of hydrogen-bond acceptors (Lipinski definition) is 4. The van der Waals surface area contributed by atoms with Crippen LogP contribution in [0.25, 0.3) is 0 Å². The van der Waals surface area contributed by atoms with Crippen LogP contribution in [-0.2, 0) is 16.4 Å². The van der Waals surface area contributed by atoms with Gasteiger partial charge in [-0.05, 0) is 56.1 Å². The van der Waals surface area contributed by atoms with Crippen molar-refractivity contribution in [1.29, 1.82) is 0 Å². The van der Waals surface area contributed by atoms with Gasteiger partial charge in [-0.2, -0.15) is 0 Å². The first-order valence-electron chi connectivity index (χ1n) is 6.76. The van der Waals surface area contributed by atoms with Crippen molar-refractivity contribution < 1.29 is 8.42 Å². The Hall–Kier alpha value is -1.92. The second kappa shape index (κ2) is 6.69. The van der Waals surface area contributed by atoms with Gasteiger partial charge in [0.25, 0.3) is 10.0 Å². The van der Waals surface area contributed by atoms with E-state index in [0.717, 1.165) is 18.4 Å². The van der Waals surface area contributed by atoms with Crippen LogP contribution in [-0.4, -0.2) is 19.9 Å². The zero-order valence-corrected chi connectivity index (χ0v) is 12.7. The van der Waals surface area contributed by atoms with Gasteiger partial charge in [-0.3, -0.25) is 9.71 Å². The van der Waals surface area contributed by atoms with E-state index in [2.05, 4.69) is 9.71 Å². The van der Waals surface area contributed by atoms with Crippen LogP contribution in [0.4, 0.5) is 5.69 Å². The van der Waals surface area contributed by atoms with Crippen LogP contribution in [0.2, 0.25) is 0 Å². The molecule has 0 atom stereocenters. The van der Waals surface area contributed by atoms with E-state index in [1.165, 1.54) is 0 Å². The lowest BCUT2D eigenvalue weighted by Gasteiger charge is -2.10. The van der Waals surface area contributed by atoms with Crippen LogP contribution in [0.3, 0.4) is 0 Å². The van der Waals surface area contributed by atoms with Crippen molar-refractivity contribution in [2.75, 3.05) is 11.3 Å². The number of nitrogens with one attached hydrogen (secondary N) is 1. The lowest BCUT2D eigenvalue weighted by molar-refractivity contribution is 0.601. The molecule has 0 saturated heterocycles. The van der Waals surface area contributed by atoms with Crippen molar-refractivity contribution in [2.45, 2.75) is 24.7 Å². The number of benzene rings is 1.